The average Bonchev–Trinajstić information content (AvgIpc) is 3.46. The summed E-state index contributed by atoms with van der Waals surface area (Å²) in [5, 5.41) is 14.5. The van der Waals surface area contributed by atoms with Gasteiger partial charge in [0.1, 0.15) is 23.5 Å². The van der Waals surface area contributed by atoms with Gasteiger partial charge in [-0.15, -0.1) is 0 Å². The zero-order valence-electron chi connectivity index (χ0n) is 20.7. The lowest BCUT2D eigenvalue weighted by Crippen LogP contribution is -2.42. The Balaban J connectivity index is 1.72. The minimum absolute atomic E-state index is 0.0146. The van der Waals surface area contributed by atoms with Crippen molar-refractivity contribution in [3.63, 3.8) is 0 Å². The summed E-state index contributed by atoms with van der Waals surface area (Å²) in [6.45, 7) is 7.63. The number of likely N-dealkylation sites (N-methyl/N-ethyl adjacent to an activating group) is 1. The van der Waals surface area contributed by atoms with Gasteiger partial charge in [-0.1, -0.05) is 18.2 Å². The molecule has 0 aliphatic carbocycles. The lowest BCUT2D eigenvalue weighted by molar-refractivity contribution is -0.140. The number of amides is 2. The van der Waals surface area contributed by atoms with Crippen LogP contribution in [-0.4, -0.2) is 39.1 Å². The van der Waals surface area contributed by atoms with E-state index in [9.17, 15) is 14.9 Å². The molecule has 0 saturated heterocycles. The number of nitriles is 1. The van der Waals surface area contributed by atoms with E-state index in [1.165, 1.54) is 0 Å². The van der Waals surface area contributed by atoms with Crippen molar-refractivity contribution in [2.24, 2.45) is 0 Å². The Morgan fingerprint density at radius 2 is 1.92 bits per heavy atom. The van der Waals surface area contributed by atoms with Crippen molar-refractivity contribution in [2.45, 2.75) is 40.2 Å². The maximum atomic E-state index is 13.3. The summed E-state index contributed by atoms with van der Waals surface area (Å²) >= 11 is 0. The molecule has 0 fully saturated rings. The van der Waals surface area contributed by atoms with Gasteiger partial charge >= 0.3 is 0 Å². The van der Waals surface area contributed by atoms with Gasteiger partial charge in [0.05, 0.1) is 11.4 Å². The molecule has 2 aromatic carbocycles. The van der Waals surface area contributed by atoms with E-state index in [0.717, 1.165) is 45.0 Å². The zero-order chi connectivity index (χ0) is 25.6. The summed E-state index contributed by atoms with van der Waals surface area (Å²) < 4.78 is 7.77. The molecule has 0 bridgehead atoms. The summed E-state index contributed by atoms with van der Waals surface area (Å²) in [4.78, 5) is 27.0. The van der Waals surface area contributed by atoms with E-state index in [-0.39, 0.29) is 18.2 Å². The highest BCUT2D eigenvalue weighted by Gasteiger charge is 2.34. The van der Waals surface area contributed by atoms with Crippen LogP contribution in [0.3, 0.4) is 0 Å². The first-order chi connectivity index (χ1) is 17.3. The summed E-state index contributed by atoms with van der Waals surface area (Å²) in [5.41, 5.74) is 6.05. The van der Waals surface area contributed by atoms with Gasteiger partial charge in [-0.05, 0) is 74.7 Å². The van der Waals surface area contributed by atoms with Gasteiger partial charge in [-0.2, -0.15) is 10.4 Å². The molecule has 0 unspecified atom stereocenters. The first-order valence-corrected chi connectivity index (χ1v) is 12.0. The van der Waals surface area contributed by atoms with Crippen molar-refractivity contribution < 1.29 is 14.3 Å². The highest BCUT2D eigenvalue weighted by Crippen LogP contribution is 2.38. The molecule has 3 heterocycles. The van der Waals surface area contributed by atoms with Crippen LogP contribution in [0.4, 0.5) is 0 Å². The lowest BCUT2D eigenvalue weighted by atomic mass is 9.93. The first kappa shape index (κ1) is 23.3. The van der Waals surface area contributed by atoms with Crippen LogP contribution in [0.1, 0.15) is 37.5 Å². The quantitative estimate of drug-likeness (QED) is 0.398. The van der Waals surface area contributed by atoms with Crippen LogP contribution >= 0.6 is 0 Å². The second kappa shape index (κ2) is 8.97. The van der Waals surface area contributed by atoms with Crippen molar-refractivity contribution in [2.75, 3.05) is 6.54 Å². The van der Waals surface area contributed by atoms with Gasteiger partial charge in [0.15, 0.2) is 0 Å². The molecule has 36 heavy (non-hydrogen) atoms. The van der Waals surface area contributed by atoms with E-state index in [1.54, 1.807) is 24.6 Å². The summed E-state index contributed by atoms with van der Waals surface area (Å²) in [6, 6.07) is 15.9. The normalized spacial score (nSPS) is 18.5. The largest absolute Gasteiger partial charge is 0.490 e. The van der Waals surface area contributed by atoms with Crippen molar-refractivity contribution in [3.05, 3.63) is 82.1 Å². The fourth-order valence-electron chi connectivity index (χ4n) is 4.86. The van der Waals surface area contributed by atoms with E-state index in [4.69, 9.17) is 9.84 Å². The highest BCUT2D eigenvalue weighted by atomic mass is 16.5. The maximum Gasteiger partial charge on any atom is 0.271 e. The molecule has 2 aliphatic heterocycles. The summed E-state index contributed by atoms with van der Waals surface area (Å²) in [5.74, 6) is -0.0429. The van der Waals surface area contributed by atoms with Gasteiger partial charge in [-0.3, -0.25) is 14.5 Å². The molecule has 5 rings (SSSR count). The van der Waals surface area contributed by atoms with Gasteiger partial charge in [-0.25, -0.2) is 4.68 Å². The number of hydrogen-bond acceptors (Lipinski definition) is 5. The number of imide groups is 1. The van der Waals surface area contributed by atoms with Crippen LogP contribution in [0.2, 0.25) is 0 Å². The number of hydrogen-bond donors (Lipinski definition) is 0. The molecular formula is C29H26N4O3. The molecule has 1 atom stereocenters. The molecule has 180 valence electrons. The molecule has 0 radical (unpaired) electrons. The topological polar surface area (TPSA) is 88.2 Å². The first-order valence-electron chi connectivity index (χ1n) is 12.0. The molecular weight excluding hydrogens is 452 g/mol. The minimum Gasteiger partial charge on any atom is -0.490 e. The molecule has 1 aromatic heterocycles. The molecule has 7 nitrogen and oxygen atoms in total. The third-order valence-corrected chi connectivity index (χ3v) is 6.66. The lowest BCUT2D eigenvalue weighted by Gasteiger charge is -2.26. The number of nitrogens with zero attached hydrogens (tertiary/aromatic N) is 4. The number of carbonyl (C=O) groups is 2. The van der Waals surface area contributed by atoms with Gasteiger partial charge < -0.3 is 4.74 Å². The number of carbonyl (C=O) groups excluding carboxylic acids is 2. The fourth-order valence-corrected chi connectivity index (χ4v) is 4.86. The average molecular weight is 479 g/mol. The van der Waals surface area contributed by atoms with Crippen molar-refractivity contribution >= 4 is 17.9 Å². The highest BCUT2D eigenvalue weighted by molar-refractivity contribution is 6.19. The van der Waals surface area contributed by atoms with Crippen LogP contribution in [0.5, 0.6) is 5.75 Å². The van der Waals surface area contributed by atoms with Gasteiger partial charge in [0.25, 0.3) is 11.8 Å². The van der Waals surface area contributed by atoms with E-state index in [2.05, 4.69) is 13.0 Å². The SMILES string of the molecule is CCN1C(=O)C(C#N)=C(C)/C(=C/c2cn(-c3ccccc3)nc2-c2cc(C)c3c(c2)C[C@H](C)O3)C1=O. The van der Waals surface area contributed by atoms with Crippen molar-refractivity contribution in [1.29, 1.82) is 5.26 Å². The molecule has 0 N–H and O–H groups in total. The molecule has 7 heteroatoms. The van der Waals surface area contributed by atoms with Crippen LogP contribution in [0, 0.1) is 18.3 Å². The van der Waals surface area contributed by atoms with E-state index in [1.807, 2.05) is 55.6 Å². The minimum atomic E-state index is -0.553. The smallest absolute Gasteiger partial charge is 0.271 e. The standard InChI is InChI=1S/C29H26N4O3/c1-5-32-28(34)24(19(4)25(15-30)29(32)35)14-22-16-33(23-9-7-6-8-10-23)31-26(22)20-11-17(2)27-21(13-20)12-18(3)36-27/h6-11,13-14,16,18H,5,12H2,1-4H3/b24-14-/t18-/m0/s1. The van der Waals surface area contributed by atoms with Crippen molar-refractivity contribution in [3.8, 4) is 28.8 Å². The second-order valence-electron chi connectivity index (χ2n) is 9.15. The van der Waals surface area contributed by atoms with Gasteiger partial charge in [0, 0.05) is 35.9 Å². The third kappa shape index (κ3) is 3.81. The summed E-state index contributed by atoms with van der Waals surface area (Å²) in [6.07, 6.45) is 4.55. The Bertz CT molecular complexity index is 1510. The molecule has 0 spiro atoms. The Labute approximate surface area is 209 Å². The molecule has 2 aliphatic rings. The molecule has 3 aromatic rings. The number of aryl methyl sites for hydroxylation is 1. The van der Waals surface area contributed by atoms with E-state index in [0.29, 0.717) is 16.8 Å². The number of fused-ring (bicyclic) bond motifs is 1. The Morgan fingerprint density at radius 3 is 2.61 bits per heavy atom. The number of para-hydroxylation sites is 1. The Kier molecular flexibility index (Phi) is 5.81. The maximum absolute atomic E-state index is 13.3. The van der Waals surface area contributed by atoms with Crippen LogP contribution in [0.25, 0.3) is 23.0 Å². The number of benzene rings is 2. The number of ether oxygens (including phenoxy) is 1. The second-order valence-corrected chi connectivity index (χ2v) is 9.15. The molecule has 0 saturated carbocycles. The number of aromatic nitrogens is 2. The van der Waals surface area contributed by atoms with Crippen LogP contribution in [-0.2, 0) is 16.0 Å². The van der Waals surface area contributed by atoms with Gasteiger partial charge in [0.2, 0.25) is 0 Å². The monoisotopic (exact) mass is 478 g/mol. The molecule has 2 amide bonds. The van der Waals surface area contributed by atoms with E-state index < -0.39 is 11.8 Å². The zero-order valence-corrected chi connectivity index (χ0v) is 20.7. The predicted octanol–water partition coefficient (Wildman–Crippen LogP) is 4.78. The Morgan fingerprint density at radius 1 is 1.17 bits per heavy atom. The third-order valence-electron chi connectivity index (χ3n) is 6.66. The van der Waals surface area contributed by atoms with Crippen LogP contribution in [0.15, 0.2) is 65.4 Å². The van der Waals surface area contributed by atoms with E-state index >= 15 is 0 Å². The number of rotatable bonds is 4. The van der Waals surface area contributed by atoms with Crippen molar-refractivity contribution in [1.82, 2.24) is 14.7 Å². The Hall–Kier alpha value is -4.44. The fraction of sp³-hybridized carbons (Fsp3) is 0.241. The summed E-state index contributed by atoms with van der Waals surface area (Å²) in [7, 11) is 0. The predicted molar refractivity (Wildman–Crippen MR) is 136 cm³/mol. The van der Waals surface area contributed by atoms with Crippen LogP contribution < -0.4 is 4.74 Å².